The first-order chi connectivity index (χ1) is 9.11. The third-order valence-corrected chi connectivity index (χ3v) is 3.71. The molecule has 2 rings (SSSR count). The molecule has 0 bridgehead atoms. The fourth-order valence-corrected chi connectivity index (χ4v) is 2.38. The van der Waals surface area contributed by atoms with Crippen molar-refractivity contribution in [1.82, 2.24) is 9.99 Å². The van der Waals surface area contributed by atoms with Crippen LogP contribution in [0.3, 0.4) is 0 Å². The van der Waals surface area contributed by atoms with Crippen LogP contribution >= 0.6 is 11.3 Å². The second-order valence-corrected chi connectivity index (χ2v) is 5.13. The fraction of sp³-hybridized carbons (Fsp3) is 0.231. The van der Waals surface area contributed by atoms with Gasteiger partial charge >= 0.3 is 4.87 Å². The van der Waals surface area contributed by atoms with Crippen LogP contribution in [0.5, 0.6) is 0 Å². The molecule has 1 atom stereocenters. The van der Waals surface area contributed by atoms with Gasteiger partial charge in [-0.05, 0) is 18.1 Å². The Morgan fingerprint density at radius 3 is 2.63 bits per heavy atom. The number of carbonyl (C=O) groups excluding carboxylic acids is 1. The molecule has 100 valence electrons. The second-order valence-electron chi connectivity index (χ2n) is 4.27. The third kappa shape index (κ3) is 3.10. The summed E-state index contributed by atoms with van der Waals surface area (Å²) in [5.74, 6) is 4.60. The standard InChI is InChI=1S/C13H15N3O2S/c1-9(12(17)15-14)11-4-2-10(3-5-11)8-16-6-7-19-13(16)18/h2-7,9H,8,14H2,1H3,(H,15,17). The van der Waals surface area contributed by atoms with Crippen LogP contribution in [0, 0.1) is 0 Å². The Morgan fingerprint density at radius 2 is 2.11 bits per heavy atom. The van der Waals surface area contributed by atoms with Crippen molar-refractivity contribution < 1.29 is 4.79 Å². The lowest BCUT2D eigenvalue weighted by Gasteiger charge is -2.10. The lowest BCUT2D eigenvalue weighted by molar-refractivity contribution is -0.122. The van der Waals surface area contributed by atoms with E-state index in [1.54, 1.807) is 23.1 Å². The highest BCUT2D eigenvalue weighted by molar-refractivity contribution is 7.07. The van der Waals surface area contributed by atoms with Crippen molar-refractivity contribution in [2.45, 2.75) is 19.4 Å². The maximum Gasteiger partial charge on any atom is 0.307 e. The molecule has 3 N–H and O–H groups in total. The van der Waals surface area contributed by atoms with Gasteiger partial charge in [0.15, 0.2) is 0 Å². The number of rotatable bonds is 4. The van der Waals surface area contributed by atoms with Gasteiger partial charge in [0, 0.05) is 11.6 Å². The highest BCUT2D eigenvalue weighted by Crippen LogP contribution is 2.16. The van der Waals surface area contributed by atoms with Crippen LogP contribution < -0.4 is 16.1 Å². The largest absolute Gasteiger partial charge is 0.307 e. The molecule has 0 aliphatic rings. The Balaban J connectivity index is 2.13. The van der Waals surface area contributed by atoms with Crippen molar-refractivity contribution in [3.8, 4) is 0 Å². The smallest absolute Gasteiger partial charge is 0.302 e. The molecule has 1 heterocycles. The van der Waals surface area contributed by atoms with Gasteiger partial charge in [0.2, 0.25) is 5.91 Å². The van der Waals surface area contributed by atoms with Gasteiger partial charge in [-0.2, -0.15) is 0 Å². The van der Waals surface area contributed by atoms with E-state index in [0.29, 0.717) is 6.54 Å². The van der Waals surface area contributed by atoms with E-state index in [9.17, 15) is 9.59 Å². The van der Waals surface area contributed by atoms with E-state index in [4.69, 9.17) is 5.84 Å². The summed E-state index contributed by atoms with van der Waals surface area (Å²) in [5, 5.41) is 1.77. The number of hydrogen-bond acceptors (Lipinski definition) is 4. The molecule has 5 nitrogen and oxygen atoms in total. The van der Waals surface area contributed by atoms with Gasteiger partial charge in [-0.25, -0.2) is 5.84 Å². The number of carbonyl (C=O) groups is 1. The SMILES string of the molecule is CC(C(=O)NN)c1ccc(Cn2ccsc2=O)cc1. The summed E-state index contributed by atoms with van der Waals surface area (Å²) < 4.78 is 1.65. The summed E-state index contributed by atoms with van der Waals surface area (Å²) >= 11 is 1.18. The molecule has 1 aromatic heterocycles. The Hall–Kier alpha value is -1.92. The molecule has 0 saturated carbocycles. The Labute approximate surface area is 114 Å². The quantitative estimate of drug-likeness (QED) is 0.498. The van der Waals surface area contributed by atoms with Crippen LogP contribution in [-0.2, 0) is 11.3 Å². The van der Waals surface area contributed by atoms with Gasteiger partial charge in [-0.15, -0.1) is 0 Å². The monoisotopic (exact) mass is 277 g/mol. The van der Waals surface area contributed by atoms with Crippen LogP contribution in [-0.4, -0.2) is 10.5 Å². The number of hydrazine groups is 1. The van der Waals surface area contributed by atoms with Crippen molar-refractivity contribution in [2.75, 3.05) is 0 Å². The van der Waals surface area contributed by atoms with E-state index in [1.807, 2.05) is 24.3 Å². The van der Waals surface area contributed by atoms with Crippen LogP contribution in [0.4, 0.5) is 0 Å². The molecule has 19 heavy (non-hydrogen) atoms. The number of amides is 1. The minimum absolute atomic E-state index is 0.0277. The van der Waals surface area contributed by atoms with E-state index in [-0.39, 0.29) is 16.7 Å². The van der Waals surface area contributed by atoms with Crippen LogP contribution in [0.25, 0.3) is 0 Å². The summed E-state index contributed by atoms with van der Waals surface area (Å²) in [4.78, 5) is 22.9. The molecule has 0 spiro atoms. The van der Waals surface area contributed by atoms with Gasteiger partial charge in [0.05, 0.1) is 12.5 Å². The Morgan fingerprint density at radius 1 is 1.42 bits per heavy atom. The predicted octanol–water partition coefficient (Wildman–Crippen LogP) is 1.05. The van der Waals surface area contributed by atoms with Crippen LogP contribution in [0.15, 0.2) is 40.6 Å². The lowest BCUT2D eigenvalue weighted by Crippen LogP contribution is -2.33. The van der Waals surface area contributed by atoms with Gasteiger partial charge in [-0.3, -0.25) is 15.0 Å². The molecular formula is C13H15N3O2S. The molecular weight excluding hydrogens is 262 g/mol. The van der Waals surface area contributed by atoms with E-state index < -0.39 is 0 Å². The topological polar surface area (TPSA) is 77.1 Å². The number of aromatic nitrogens is 1. The summed E-state index contributed by atoms with van der Waals surface area (Å²) in [6.45, 7) is 2.33. The number of nitrogens with one attached hydrogen (secondary N) is 1. The first kappa shape index (κ1) is 13.5. The average molecular weight is 277 g/mol. The number of benzene rings is 1. The molecule has 1 aromatic carbocycles. The van der Waals surface area contributed by atoms with Crippen molar-refractivity contribution >= 4 is 17.2 Å². The van der Waals surface area contributed by atoms with Crippen molar-refractivity contribution in [3.63, 3.8) is 0 Å². The molecule has 0 aliphatic carbocycles. The van der Waals surface area contributed by atoms with Gasteiger partial charge < -0.3 is 4.57 Å². The zero-order valence-electron chi connectivity index (χ0n) is 10.5. The Bertz CT molecular complexity index is 615. The highest BCUT2D eigenvalue weighted by Gasteiger charge is 2.13. The normalized spacial score (nSPS) is 12.1. The van der Waals surface area contributed by atoms with Crippen LogP contribution in [0.1, 0.15) is 24.0 Å². The lowest BCUT2D eigenvalue weighted by atomic mass is 9.99. The zero-order chi connectivity index (χ0) is 13.8. The second kappa shape index (κ2) is 5.81. The molecule has 6 heteroatoms. The number of hydrogen-bond donors (Lipinski definition) is 2. The Kier molecular flexibility index (Phi) is 4.13. The van der Waals surface area contributed by atoms with Gasteiger partial charge in [0.25, 0.3) is 0 Å². The fourth-order valence-electron chi connectivity index (χ4n) is 1.79. The maximum atomic E-state index is 11.4. The molecule has 1 amide bonds. The minimum Gasteiger partial charge on any atom is -0.302 e. The third-order valence-electron chi connectivity index (χ3n) is 3.01. The first-order valence-electron chi connectivity index (χ1n) is 5.85. The van der Waals surface area contributed by atoms with Gasteiger partial charge in [-0.1, -0.05) is 35.6 Å². The van der Waals surface area contributed by atoms with Crippen molar-refractivity contribution in [1.29, 1.82) is 0 Å². The van der Waals surface area contributed by atoms with E-state index in [1.165, 1.54) is 11.3 Å². The summed E-state index contributed by atoms with van der Waals surface area (Å²) in [5.41, 5.74) is 4.05. The first-order valence-corrected chi connectivity index (χ1v) is 6.73. The highest BCUT2D eigenvalue weighted by atomic mass is 32.1. The number of nitrogens with zero attached hydrogens (tertiary/aromatic N) is 1. The molecule has 2 aromatic rings. The van der Waals surface area contributed by atoms with E-state index >= 15 is 0 Å². The minimum atomic E-state index is -0.289. The zero-order valence-corrected chi connectivity index (χ0v) is 11.3. The van der Waals surface area contributed by atoms with Crippen molar-refractivity contribution in [2.24, 2.45) is 5.84 Å². The van der Waals surface area contributed by atoms with Crippen LogP contribution in [0.2, 0.25) is 0 Å². The van der Waals surface area contributed by atoms with E-state index in [2.05, 4.69) is 5.43 Å². The molecule has 0 radical (unpaired) electrons. The molecule has 0 aliphatic heterocycles. The number of nitrogens with two attached hydrogens (primary N) is 1. The number of thiazole rings is 1. The predicted molar refractivity (Wildman–Crippen MR) is 74.9 cm³/mol. The molecule has 1 unspecified atom stereocenters. The average Bonchev–Trinajstić information content (AvgIpc) is 2.83. The molecule has 0 fully saturated rings. The summed E-state index contributed by atoms with van der Waals surface area (Å²) in [7, 11) is 0. The maximum absolute atomic E-state index is 11.4. The molecule has 0 saturated heterocycles. The summed E-state index contributed by atoms with van der Waals surface area (Å²) in [6.07, 6.45) is 1.77. The van der Waals surface area contributed by atoms with E-state index in [0.717, 1.165) is 11.1 Å². The van der Waals surface area contributed by atoms with Crippen molar-refractivity contribution in [3.05, 3.63) is 56.6 Å². The summed E-state index contributed by atoms with van der Waals surface area (Å²) in [6, 6.07) is 7.60. The van der Waals surface area contributed by atoms with Gasteiger partial charge in [0.1, 0.15) is 0 Å².